The molecule has 0 unspecified atom stereocenters. The molecule has 0 atom stereocenters. The van der Waals surface area contributed by atoms with Crippen LogP contribution < -0.4 is 10.1 Å². The summed E-state index contributed by atoms with van der Waals surface area (Å²) in [5, 5.41) is 14.7. The molecule has 1 N–H and O–H groups in total. The molecule has 0 bridgehead atoms. The highest BCUT2D eigenvalue weighted by Gasteiger charge is 2.21. The molecule has 6 heteroatoms. The Morgan fingerprint density at radius 2 is 1.81 bits per heavy atom. The second kappa shape index (κ2) is 8.31. The zero-order valence-corrected chi connectivity index (χ0v) is 14.8. The number of para-hydroxylation sites is 1. The van der Waals surface area contributed by atoms with Crippen LogP contribution in [0.4, 0.5) is 15.8 Å². The summed E-state index contributed by atoms with van der Waals surface area (Å²) in [6.45, 7) is 2.26. The van der Waals surface area contributed by atoms with Crippen molar-refractivity contribution in [3.05, 3.63) is 99.4 Å². The van der Waals surface area contributed by atoms with Crippen molar-refractivity contribution in [3.8, 4) is 5.75 Å². The summed E-state index contributed by atoms with van der Waals surface area (Å²) in [6.07, 6.45) is 0. The molecule has 0 amide bonds. The second-order valence-corrected chi connectivity index (χ2v) is 6.12. The van der Waals surface area contributed by atoms with Gasteiger partial charge < -0.3 is 10.1 Å². The van der Waals surface area contributed by atoms with Crippen LogP contribution in [0.1, 0.15) is 16.7 Å². The van der Waals surface area contributed by atoms with Gasteiger partial charge in [-0.2, -0.15) is 0 Å². The molecule has 0 fully saturated rings. The number of ether oxygens (including phenoxy) is 1. The predicted molar refractivity (Wildman–Crippen MR) is 102 cm³/mol. The van der Waals surface area contributed by atoms with Crippen molar-refractivity contribution >= 4 is 11.4 Å². The van der Waals surface area contributed by atoms with Crippen molar-refractivity contribution in [1.82, 2.24) is 0 Å². The highest BCUT2D eigenvalue weighted by atomic mass is 19.1. The van der Waals surface area contributed by atoms with Gasteiger partial charge >= 0.3 is 5.69 Å². The Morgan fingerprint density at radius 1 is 1.04 bits per heavy atom. The normalized spacial score (nSPS) is 10.4. The fourth-order valence-corrected chi connectivity index (χ4v) is 2.72. The molecule has 27 heavy (non-hydrogen) atoms. The lowest BCUT2D eigenvalue weighted by molar-refractivity contribution is -0.385. The first-order valence-electron chi connectivity index (χ1n) is 8.47. The van der Waals surface area contributed by atoms with E-state index >= 15 is 0 Å². The molecule has 138 valence electrons. The molecule has 0 saturated carbocycles. The van der Waals surface area contributed by atoms with E-state index in [2.05, 4.69) is 5.32 Å². The number of anilines is 1. The molecule has 0 aliphatic rings. The van der Waals surface area contributed by atoms with Gasteiger partial charge in [0, 0.05) is 6.54 Å². The number of hydrogen-bond acceptors (Lipinski definition) is 4. The molecule has 0 heterocycles. The highest BCUT2D eigenvalue weighted by Crippen LogP contribution is 2.35. The van der Waals surface area contributed by atoms with Crippen molar-refractivity contribution in [2.75, 3.05) is 5.32 Å². The molecule has 5 nitrogen and oxygen atoms in total. The summed E-state index contributed by atoms with van der Waals surface area (Å²) in [7, 11) is 0. The van der Waals surface area contributed by atoms with Gasteiger partial charge in [-0.05, 0) is 41.8 Å². The minimum absolute atomic E-state index is 0.118. The second-order valence-electron chi connectivity index (χ2n) is 6.12. The molecule has 0 aliphatic heterocycles. The number of benzene rings is 3. The highest BCUT2D eigenvalue weighted by molar-refractivity contribution is 5.68. The van der Waals surface area contributed by atoms with Crippen molar-refractivity contribution in [3.63, 3.8) is 0 Å². The van der Waals surface area contributed by atoms with E-state index in [9.17, 15) is 14.5 Å². The van der Waals surface area contributed by atoms with Crippen LogP contribution in [0.3, 0.4) is 0 Å². The van der Waals surface area contributed by atoms with E-state index in [0.717, 1.165) is 11.1 Å². The number of nitro groups is 1. The third-order valence-corrected chi connectivity index (χ3v) is 4.12. The summed E-state index contributed by atoms with van der Waals surface area (Å²) in [6, 6.07) is 19.1. The van der Waals surface area contributed by atoms with Crippen LogP contribution in [-0.2, 0) is 13.2 Å². The first kappa shape index (κ1) is 18.4. The number of nitro benzene ring substituents is 1. The number of hydrogen-bond donors (Lipinski definition) is 1. The largest absolute Gasteiger partial charge is 0.482 e. The van der Waals surface area contributed by atoms with Gasteiger partial charge in [0.05, 0.1) is 4.92 Å². The van der Waals surface area contributed by atoms with Crippen LogP contribution in [0.25, 0.3) is 0 Å². The average molecular weight is 366 g/mol. The molecule has 0 spiro atoms. The smallest absolute Gasteiger partial charge is 0.333 e. The van der Waals surface area contributed by atoms with Crippen LogP contribution in [0.5, 0.6) is 5.75 Å². The van der Waals surface area contributed by atoms with Gasteiger partial charge in [0.25, 0.3) is 0 Å². The summed E-state index contributed by atoms with van der Waals surface area (Å²) in [5.74, 6) is -0.0785. The Balaban J connectivity index is 1.78. The number of nitrogens with zero attached hydrogens (tertiary/aromatic N) is 1. The lowest BCUT2D eigenvalue weighted by atomic mass is 10.1. The van der Waals surface area contributed by atoms with E-state index in [-0.39, 0.29) is 23.9 Å². The van der Waals surface area contributed by atoms with E-state index < -0.39 is 4.92 Å². The zero-order valence-electron chi connectivity index (χ0n) is 14.8. The van der Waals surface area contributed by atoms with Crippen molar-refractivity contribution in [1.29, 1.82) is 0 Å². The van der Waals surface area contributed by atoms with Gasteiger partial charge in [-0.15, -0.1) is 0 Å². The fraction of sp³-hybridized carbons (Fsp3) is 0.143. The maximum Gasteiger partial charge on any atom is 0.333 e. The van der Waals surface area contributed by atoms with E-state index in [1.165, 1.54) is 6.07 Å². The third-order valence-electron chi connectivity index (χ3n) is 4.12. The Bertz CT molecular complexity index is 945. The lowest BCUT2D eigenvalue weighted by Crippen LogP contribution is -2.05. The van der Waals surface area contributed by atoms with E-state index in [4.69, 9.17) is 4.74 Å². The number of aryl methyl sites for hydroxylation is 1. The maximum absolute atomic E-state index is 13.4. The third kappa shape index (κ3) is 4.61. The Labute approximate surface area is 156 Å². The molecule has 0 saturated heterocycles. The van der Waals surface area contributed by atoms with Crippen LogP contribution in [-0.4, -0.2) is 4.92 Å². The first-order chi connectivity index (χ1) is 13.0. The first-order valence-corrected chi connectivity index (χ1v) is 8.47. The van der Waals surface area contributed by atoms with Crippen LogP contribution in [0.15, 0.2) is 66.7 Å². The van der Waals surface area contributed by atoms with E-state index in [1.54, 1.807) is 37.3 Å². The molecule has 0 radical (unpaired) electrons. The van der Waals surface area contributed by atoms with E-state index in [1.807, 2.05) is 30.3 Å². The molecular formula is C21H19FN2O3. The summed E-state index contributed by atoms with van der Waals surface area (Å²) < 4.78 is 19.1. The quantitative estimate of drug-likeness (QED) is 0.459. The monoisotopic (exact) mass is 366 g/mol. The van der Waals surface area contributed by atoms with Crippen LogP contribution in [0, 0.1) is 22.9 Å². The van der Waals surface area contributed by atoms with Gasteiger partial charge in [-0.1, -0.05) is 48.5 Å². The Hall–Kier alpha value is -3.41. The predicted octanol–water partition coefficient (Wildman–Crippen LogP) is 5.23. The fourth-order valence-electron chi connectivity index (χ4n) is 2.72. The van der Waals surface area contributed by atoms with Gasteiger partial charge in [-0.25, -0.2) is 4.39 Å². The molecule has 0 aliphatic carbocycles. The average Bonchev–Trinajstić information content (AvgIpc) is 2.68. The van der Waals surface area contributed by atoms with Crippen LogP contribution in [0.2, 0.25) is 0 Å². The molecule has 3 rings (SSSR count). The van der Waals surface area contributed by atoms with Gasteiger partial charge in [0.1, 0.15) is 18.1 Å². The maximum atomic E-state index is 13.4. The number of rotatable bonds is 7. The van der Waals surface area contributed by atoms with E-state index in [0.29, 0.717) is 17.8 Å². The van der Waals surface area contributed by atoms with Crippen molar-refractivity contribution in [2.45, 2.75) is 20.1 Å². The Morgan fingerprint density at radius 3 is 2.52 bits per heavy atom. The summed E-state index contributed by atoms with van der Waals surface area (Å²) in [5.41, 5.74) is 2.52. The van der Waals surface area contributed by atoms with Crippen molar-refractivity contribution in [2.24, 2.45) is 0 Å². The molecule has 3 aromatic rings. The topological polar surface area (TPSA) is 64.4 Å². The van der Waals surface area contributed by atoms with Crippen molar-refractivity contribution < 1.29 is 14.1 Å². The summed E-state index contributed by atoms with van der Waals surface area (Å²) >= 11 is 0. The van der Waals surface area contributed by atoms with Crippen LogP contribution >= 0.6 is 0 Å². The molecule has 3 aromatic carbocycles. The van der Waals surface area contributed by atoms with Gasteiger partial charge in [-0.3, -0.25) is 10.1 Å². The SMILES string of the molecule is Cc1cc(CNc2cccc(OCc3ccccc3)c2[N+](=O)[O-])ccc1F. The standard InChI is InChI=1S/C21H19FN2O3/c1-15-12-17(10-11-18(15)22)13-23-19-8-5-9-20(21(19)24(25)26)27-14-16-6-3-2-4-7-16/h2-12,23H,13-14H2,1H3. The molecular weight excluding hydrogens is 347 g/mol. The lowest BCUT2D eigenvalue weighted by Gasteiger charge is -2.12. The minimum atomic E-state index is -0.460. The summed E-state index contributed by atoms with van der Waals surface area (Å²) in [4.78, 5) is 11.1. The van der Waals surface area contributed by atoms with Gasteiger partial charge in [0.2, 0.25) is 0 Å². The number of halogens is 1. The Kier molecular flexibility index (Phi) is 5.66. The number of nitrogens with one attached hydrogen (secondary N) is 1. The van der Waals surface area contributed by atoms with Gasteiger partial charge in [0.15, 0.2) is 5.75 Å². The minimum Gasteiger partial charge on any atom is -0.482 e. The zero-order chi connectivity index (χ0) is 19.2. The molecule has 0 aromatic heterocycles.